The van der Waals surface area contributed by atoms with E-state index in [1.807, 2.05) is 20.8 Å². The zero-order valence-electron chi connectivity index (χ0n) is 15.5. The molecule has 1 aromatic rings. The highest BCUT2D eigenvalue weighted by molar-refractivity contribution is 5.69. The normalized spacial score (nSPS) is 16.9. The lowest BCUT2D eigenvalue weighted by molar-refractivity contribution is 0.00433. The quantitative estimate of drug-likeness (QED) is 0.919. The number of rotatable bonds is 3. The van der Waals surface area contributed by atoms with Gasteiger partial charge >= 0.3 is 6.09 Å². The molecule has 0 aromatic heterocycles. The van der Waals surface area contributed by atoms with E-state index in [2.05, 4.69) is 45.1 Å². The summed E-state index contributed by atoms with van der Waals surface area (Å²) >= 11 is 0. The lowest BCUT2D eigenvalue weighted by Crippen LogP contribution is -2.60. The highest BCUT2D eigenvalue weighted by Gasteiger charge is 2.34. The summed E-state index contributed by atoms with van der Waals surface area (Å²) in [6.07, 6.45) is -0.217. The standard InChI is InChI=1S/C19H30N2O2/c1-12-8-14(3)17(9-13(12)2)15(4)20-16-10-21(11-16)18(22)23-19(5,6)7/h8-9,15-16,20H,10-11H2,1-7H3. The van der Waals surface area contributed by atoms with Gasteiger partial charge in [0.25, 0.3) is 0 Å². The number of aryl methyl sites for hydroxylation is 3. The van der Waals surface area contributed by atoms with Gasteiger partial charge in [0, 0.05) is 25.2 Å². The number of likely N-dealkylation sites (tertiary alicyclic amines) is 1. The fraction of sp³-hybridized carbons (Fsp3) is 0.632. The van der Waals surface area contributed by atoms with Crippen LogP contribution in [0.5, 0.6) is 0 Å². The monoisotopic (exact) mass is 318 g/mol. The van der Waals surface area contributed by atoms with E-state index in [1.54, 1.807) is 4.90 Å². The Kier molecular flexibility index (Phi) is 5.04. The van der Waals surface area contributed by atoms with Crippen molar-refractivity contribution in [2.75, 3.05) is 13.1 Å². The van der Waals surface area contributed by atoms with E-state index < -0.39 is 5.60 Å². The molecule has 1 aliphatic rings. The molecule has 23 heavy (non-hydrogen) atoms. The van der Waals surface area contributed by atoms with Crippen LogP contribution in [-0.4, -0.2) is 35.7 Å². The summed E-state index contributed by atoms with van der Waals surface area (Å²) in [6, 6.07) is 5.13. The zero-order chi connectivity index (χ0) is 17.4. The van der Waals surface area contributed by atoms with Gasteiger partial charge < -0.3 is 15.0 Å². The summed E-state index contributed by atoms with van der Waals surface area (Å²) in [4.78, 5) is 13.7. The predicted octanol–water partition coefficient (Wildman–Crippen LogP) is 3.88. The lowest BCUT2D eigenvalue weighted by atomic mass is 9.95. The fourth-order valence-electron chi connectivity index (χ4n) is 2.95. The molecule has 1 unspecified atom stereocenters. The Morgan fingerprint density at radius 1 is 1.17 bits per heavy atom. The van der Waals surface area contributed by atoms with E-state index in [4.69, 9.17) is 4.74 Å². The maximum Gasteiger partial charge on any atom is 0.410 e. The molecule has 1 N–H and O–H groups in total. The van der Waals surface area contributed by atoms with Gasteiger partial charge in [-0.2, -0.15) is 0 Å². The van der Waals surface area contributed by atoms with Crippen LogP contribution in [-0.2, 0) is 4.74 Å². The first-order chi connectivity index (χ1) is 10.6. The van der Waals surface area contributed by atoms with E-state index >= 15 is 0 Å². The summed E-state index contributed by atoms with van der Waals surface area (Å²) in [5.74, 6) is 0. The Hall–Kier alpha value is -1.55. The molecule has 1 aliphatic heterocycles. The van der Waals surface area contributed by atoms with Crippen molar-refractivity contribution in [3.8, 4) is 0 Å². The van der Waals surface area contributed by atoms with Crippen molar-refractivity contribution >= 4 is 6.09 Å². The van der Waals surface area contributed by atoms with Crippen LogP contribution in [0.15, 0.2) is 12.1 Å². The van der Waals surface area contributed by atoms with Gasteiger partial charge in [0.05, 0.1) is 0 Å². The summed E-state index contributed by atoms with van der Waals surface area (Å²) in [6.45, 7) is 15.8. The van der Waals surface area contributed by atoms with Gasteiger partial charge in [0.1, 0.15) is 5.60 Å². The van der Waals surface area contributed by atoms with Crippen LogP contribution in [0.3, 0.4) is 0 Å². The maximum atomic E-state index is 12.0. The van der Waals surface area contributed by atoms with Crippen LogP contribution in [0.4, 0.5) is 4.79 Å². The fourth-order valence-corrected chi connectivity index (χ4v) is 2.95. The number of carbonyl (C=O) groups is 1. The van der Waals surface area contributed by atoms with E-state index in [0.29, 0.717) is 19.1 Å². The SMILES string of the molecule is Cc1cc(C)c(C(C)NC2CN(C(=O)OC(C)(C)C)C2)cc1C. The molecule has 0 saturated carbocycles. The number of nitrogens with one attached hydrogen (secondary N) is 1. The molecule has 1 heterocycles. The average molecular weight is 318 g/mol. The van der Waals surface area contributed by atoms with E-state index in [9.17, 15) is 4.79 Å². The van der Waals surface area contributed by atoms with Crippen molar-refractivity contribution in [1.82, 2.24) is 10.2 Å². The van der Waals surface area contributed by atoms with Gasteiger partial charge in [-0.15, -0.1) is 0 Å². The third-order valence-electron chi connectivity index (χ3n) is 4.37. The average Bonchev–Trinajstić information content (AvgIpc) is 2.35. The Morgan fingerprint density at radius 3 is 2.30 bits per heavy atom. The van der Waals surface area contributed by atoms with Crippen molar-refractivity contribution in [1.29, 1.82) is 0 Å². The Bertz CT molecular complexity index is 584. The smallest absolute Gasteiger partial charge is 0.410 e. The first kappa shape index (κ1) is 17.8. The second-order valence-corrected chi connectivity index (χ2v) is 7.76. The lowest BCUT2D eigenvalue weighted by Gasteiger charge is -2.41. The molecule has 1 fully saturated rings. The minimum Gasteiger partial charge on any atom is -0.444 e. The molecule has 1 amide bonds. The summed E-state index contributed by atoms with van der Waals surface area (Å²) in [5.41, 5.74) is 4.88. The molecular formula is C19H30N2O2. The number of amides is 1. The summed E-state index contributed by atoms with van der Waals surface area (Å²) in [7, 11) is 0. The first-order valence-corrected chi connectivity index (χ1v) is 8.38. The van der Waals surface area contributed by atoms with Crippen molar-refractivity contribution in [3.63, 3.8) is 0 Å². The van der Waals surface area contributed by atoms with Crippen molar-refractivity contribution in [3.05, 3.63) is 34.4 Å². The molecule has 1 aromatic carbocycles. The second-order valence-electron chi connectivity index (χ2n) is 7.76. The third-order valence-corrected chi connectivity index (χ3v) is 4.37. The minimum absolute atomic E-state index is 0.217. The minimum atomic E-state index is -0.431. The second kappa shape index (κ2) is 6.52. The molecular weight excluding hydrogens is 288 g/mol. The number of nitrogens with zero attached hydrogens (tertiary/aromatic N) is 1. The van der Waals surface area contributed by atoms with Gasteiger partial charge in [0.2, 0.25) is 0 Å². The predicted molar refractivity (Wildman–Crippen MR) is 93.8 cm³/mol. The van der Waals surface area contributed by atoms with Crippen LogP contribution in [0.25, 0.3) is 0 Å². The van der Waals surface area contributed by atoms with Crippen molar-refractivity contribution < 1.29 is 9.53 Å². The number of ether oxygens (including phenoxy) is 1. The third kappa shape index (κ3) is 4.47. The topological polar surface area (TPSA) is 41.6 Å². The number of carbonyl (C=O) groups excluding carboxylic acids is 1. The van der Waals surface area contributed by atoms with E-state index in [1.165, 1.54) is 22.3 Å². The van der Waals surface area contributed by atoms with E-state index in [-0.39, 0.29) is 12.1 Å². The van der Waals surface area contributed by atoms with Crippen LogP contribution in [0, 0.1) is 20.8 Å². The van der Waals surface area contributed by atoms with Gasteiger partial charge in [-0.1, -0.05) is 12.1 Å². The molecule has 4 heteroatoms. The highest BCUT2D eigenvalue weighted by atomic mass is 16.6. The van der Waals surface area contributed by atoms with Crippen LogP contribution >= 0.6 is 0 Å². The highest BCUT2D eigenvalue weighted by Crippen LogP contribution is 2.24. The molecule has 2 rings (SSSR count). The van der Waals surface area contributed by atoms with Crippen LogP contribution in [0.1, 0.15) is 56.0 Å². The van der Waals surface area contributed by atoms with E-state index in [0.717, 1.165) is 0 Å². The number of hydrogen-bond donors (Lipinski definition) is 1. The van der Waals surface area contributed by atoms with Crippen molar-refractivity contribution in [2.45, 2.75) is 66.2 Å². The van der Waals surface area contributed by atoms with Gasteiger partial charge in [-0.05, 0) is 70.7 Å². The number of benzene rings is 1. The summed E-state index contributed by atoms with van der Waals surface area (Å²) < 4.78 is 5.39. The Morgan fingerprint density at radius 2 is 1.74 bits per heavy atom. The van der Waals surface area contributed by atoms with Crippen LogP contribution < -0.4 is 5.32 Å². The molecule has 128 valence electrons. The molecule has 1 atom stereocenters. The van der Waals surface area contributed by atoms with Gasteiger partial charge in [-0.3, -0.25) is 0 Å². The Labute approximate surface area is 140 Å². The van der Waals surface area contributed by atoms with Gasteiger partial charge in [0.15, 0.2) is 0 Å². The molecule has 0 spiro atoms. The number of hydrogen-bond acceptors (Lipinski definition) is 3. The van der Waals surface area contributed by atoms with Crippen molar-refractivity contribution in [2.24, 2.45) is 0 Å². The largest absolute Gasteiger partial charge is 0.444 e. The molecule has 1 saturated heterocycles. The maximum absolute atomic E-state index is 12.0. The molecule has 0 radical (unpaired) electrons. The molecule has 4 nitrogen and oxygen atoms in total. The molecule has 0 bridgehead atoms. The van der Waals surface area contributed by atoms with Crippen LogP contribution in [0.2, 0.25) is 0 Å². The Balaban J connectivity index is 1.88. The summed E-state index contributed by atoms with van der Waals surface area (Å²) in [5, 5.41) is 3.62. The molecule has 0 aliphatic carbocycles. The first-order valence-electron chi connectivity index (χ1n) is 8.38. The van der Waals surface area contributed by atoms with Gasteiger partial charge in [-0.25, -0.2) is 4.79 Å². The zero-order valence-corrected chi connectivity index (χ0v) is 15.5.